The van der Waals surface area contributed by atoms with Crippen molar-refractivity contribution in [2.75, 3.05) is 18.0 Å². The summed E-state index contributed by atoms with van der Waals surface area (Å²) in [4.78, 5) is 26.6. The summed E-state index contributed by atoms with van der Waals surface area (Å²) in [7, 11) is 0. The number of anilines is 1. The number of aromatic nitrogens is 2. The Morgan fingerprint density at radius 3 is 2.53 bits per heavy atom. The minimum Gasteiger partial charge on any atom is -0.356 e. The van der Waals surface area contributed by atoms with Crippen LogP contribution in [0.2, 0.25) is 0 Å². The summed E-state index contributed by atoms with van der Waals surface area (Å²) in [6.07, 6.45) is 9.87. The fourth-order valence-electron chi connectivity index (χ4n) is 5.05. The quantitative estimate of drug-likeness (QED) is 0.304. The van der Waals surface area contributed by atoms with E-state index in [4.69, 9.17) is 0 Å². The molecule has 0 spiro atoms. The summed E-state index contributed by atoms with van der Waals surface area (Å²) >= 11 is 0. The maximum absolute atomic E-state index is 13.1. The molecule has 180 valence electrons. The van der Waals surface area contributed by atoms with Crippen molar-refractivity contribution in [2.24, 2.45) is 0 Å². The van der Waals surface area contributed by atoms with Crippen LogP contribution in [-0.4, -0.2) is 39.9 Å². The van der Waals surface area contributed by atoms with Crippen LogP contribution in [0.15, 0.2) is 85.2 Å². The number of hydrogen-bond donors (Lipinski definition) is 0. The number of nitrogens with zero attached hydrogens (tertiary/aromatic N) is 4. The predicted molar refractivity (Wildman–Crippen MR) is 145 cm³/mol. The highest BCUT2D eigenvalue weighted by atomic mass is 16.2. The standard InChI is InChI=1S/C31H30N4O/c36-30(16-11-23-7-2-1-3-8-23)35(27-13-14-27)21-24-9-6-10-25(19-24)26-12-15-29-28(20-26)31(33-22-32-29)34-17-4-5-18-34/h1-3,6-12,15-16,19-20,22,27H,4-5,13-14,17-18,21H2/b16-11+. The van der Waals surface area contributed by atoms with Gasteiger partial charge in [-0.15, -0.1) is 0 Å². The van der Waals surface area contributed by atoms with E-state index in [9.17, 15) is 4.79 Å². The highest BCUT2D eigenvalue weighted by Gasteiger charge is 2.31. The molecule has 0 radical (unpaired) electrons. The van der Waals surface area contributed by atoms with E-state index in [1.54, 1.807) is 12.4 Å². The van der Waals surface area contributed by atoms with Gasteiger partial charge in [-0.25, -0.2) is 9.97 Å². The average molecular weight is 475 g/mol. The zero-order chi connectivity index (χ0) is 24.3. The molecule has 0 unspecified atom stereocenters. The molecule has 1 aliphatic carbocycles. The van der Waals surface area contributed by atoms with Crippen molar-refractivity contribution in [1.82, 2.24) is 14.9 Å². The number of carbonyl (C=O) groups excluding carboxylic acids is 1. The Labute approximate surface area is 212 Å². The van der Waals surface area contributed by atoms with Gasteiger partial charge in [-0.2, -0.15) is 0 Å². The number of rotatable bonds is 7. The van der Waals surface area contributed by atoms with Crippen LogP contribution in [0.25, 0.3) is 28.1 Å². The van der Waals surface area contributed by atoms with Gasteiger partial charge in [0.1, 0.15) is 12.1 Å². The van der Waals surface area contributed by atoms with Crippen molar-refractivity contribution >= 4 is 28.7 Å². The summed E-state index contributed by atoms with van der Waals surface area (Å²) in [6.45, 7) is 2.72. The lowest BCUT2D eigenvalue weighted by atomic mass is 10.0. The SMILES string of the molecule is O=C(/C=C/c1ccccc1)N(Cc1cccc(-c2ccc3ncnc(N4CCCC4)c3c2)c1)C1CC1. The van der Waals surface area contributed by atoms with E-state index >= 15 is 0 Å². The number of amides is 1. The van der Waals surface area contributed by atoms with E-state index in [-0.39, 0.29) is 5.91 Å². The molecule has 5 nitrogen and oxygen atoms in total. The molecule has 5 heteroatoms. The summed E-state index contributed by atoms with van der Waals surface area (Å²) in [5.41, 5.74) is 5.45. The molecule has 2 aliphatic rings. The van der Waals surface area contributed by atoms with E-state index in [1.807, 2.05) is 41.3 Å². The summed E-state index contributed by atoms with van der Waals surface area (Å²) in [5.74, 6) is 1.11. The van der Waals surface area contributed by atoms with Gasteiger partial charge in [-0.3, -0.25) is 4.79 Å². The molecule has 2 heterocycles. The lowest BCUT2D eigenvalue weighted by molar-refractivity contribution is -0.127. The summed E-state index contributed by atoms with van der Waals surface area (Å²) in [5, 5.41) is 1.10. The second-order valence-electron chi connectivity index (χ2n) is 9.77. The molecule has 1 saturated heterocycles. The van der Waals surface area contributed by atoms with Crippen molar-refractivity contribution in [3.05, 3.63) is 96.3 Å². The number of hydrogen-bond acceptors (Lipinski definition) is 4. The Bertz CT molecular complexity index is 1400. The van der Waals surface area contributed by atoms with Gasteiger partial charge in [0.15, 0.2) is 0 Å². The van der Waals surface area contributed by atoms with E-state index in [0.29, 0.717) is 12.6 Å². The van der Waals surface area contributed by atoms with Crippen LogP contribution in [0.5, 0.6) is 0 Å². The van der Waals surface area contributed by atoms with E-state index in [1.165, 1.54) is 12.8 Å². The lowest BCUT2D eigenvalue weighted by Crippen LogP contribution is -2.31. The van der Waals surface area contributed by atoms with Gasteiger partial charge >= 0.3 is 0 Å². The van der Waals surface area contributed by atoms with Gasteiger partial charge in [0.2, 0.25) is 5.91 Å². The Morgan fingerprint density at radius 2 is 1.72 bits per heavy atom. The smallest absolute Gasteiger partial charge is 0.247 e. The molecule has 1 aromatic heterocycles. The fourth-order valence-corrected chi connectivity index (χ4v) is 5.05. The monoisotopic (exact) mass is 474 g/mol. The summed E-state index contributed by atoms with van der Waals surface area (Å²) < 4.78 is 0. The van der Waals surface area contributed by atoms with Crippen molar-refractivity contribution in [3.63, 3.8) is 0 Å². The number of fused-ring (bicyclic) bond motifs is 1. The van der Waals surface area contributed by atoms with Crippen molar-refractivity contribution < 1.29 is 4.79 Å². The fraction of sp³-hybridized carbons (Fsp3) is 0.258. The first-order valence-corrected chi connectivity index (χ1v) is 12.9. The van der Waals surface area contributed by atoms with Gasteiger partial charge in [0, 0.05) is 37.1 Å². The second-order valence-corrected chi connectivity index (χ2v) is 9.77. The van der Waals surface area contributed by atoms with Gasteiger partial charge in [0.25, 0.3) is 0 Å². The van der Waals surface area contributed by atoms with Crippen LogP contribution < -0.4 is 4.90 Å². The molecule has 0 atom stereocenters. The largest absolute Gasteiger partial charge is 0.356 e. The minimum absolute atomic E-state index is 0.0739. The first-order valence-electron chi connectivity index (χ1n) is 12.9. The van der Waals surface area contributed by atoms with Crippen molar-refractivity contribution in [3.8, 4) is 11.1 Å². The van der Waals surface area contributed by atoms with Crippen LogP contribution in [-0.2, 0) is 11.3 Å². The van der Waals surface area contributed by atoms with Crippen molar-refractivity contribution in [2.45, 2.75) is 38.3 Å². The molecule has 1 amide bonds. The molecule has 0 bridgehead atoms. The predicted octanol–water partition coefficient (Wildman–Crippen LogP) is 6.10. The highest BCUT2D eigenvalue weighted by Crippen LogP contribution is 2.32. The number of carbonyl (C=O) groups is 1. The first kappa shape index (κ1) is 22.5. The second kappa shape index (κ2) is 9.94. The van der Waals surface area contributed by atoms with E-state index < -0.39 is 0 Å². The van der Waals surface area contributed by atoms with Gasteiger partial charge < -0.3 is 9.80 Å². The average Bonchev–Trinajstić information content (AvgIpc) is 3.63. The van der Waals surface area contributed by atoms with Gasteiger partial charge in [-0.1, -0.05) is 54.6 Å². The molecule has 0 N–H and O–H groups in total. The molecule has 2 fully saturated rings. The molecule has 1 saturated carbocycles. The zero-order valence-electron chi connectivity index (χ0n) is 20.4. The Kier molecular flexibility index (Phi) is 6.20. The first-order chi connectivity index (χ1) is 17.7. The van der Waals surface area contributed by atoms with Gasteiger partial charge in [0.05, 0.1) is 5.52 Å². The Hall–Kier alpha value is -3.99. The Balaban J connectivity index is 1.25. The minimum atomic E-state index is 0.0739. The molecule has 3 aromatic carbocycles. The highest BCUT2D eigenvalue weighted by molar-refractivity contribution is 5.93. The Morgan fingerprint density at radius 1 is 0.917 bits per heavy atom. The molecule has 4 aromatic rings. The molecule has 1 aliphatic heterocycles. The van der Waals surface area contributed by atoms with E-state index in [2.05, 4.69) is 57.3 Å². The van der Waals surface area contributed by atoms with Gasteiger partial charge in [-0.05, 0) is 72.2 Å². The van der Waals surface area contributed by atoms with Crippen LogP contribution in [0.3, 0.4) is 0 Å². The van der Waals surface area contributed by atoms with Crippen LogP contribution >= 0.6 is 0 Å². The third-order valence-corrected chi connectivity index (χ3v) is 7.12. The maximum atomic E-state index is 13.1. The molecular weight excluding hydrogens is 444 g/mol. The van der Waals surface area contributed by atoms with Crippen LogP contribution in [0, 0.1) is 0 Å². The normalized spacial score (nSPS) is 15.6. The summed E-state index contributed by atoms with van der Waals surface area (Å²) in [6, 6.07) is 25.3. The van der Waals surface area contributed by atoms with Crippen LogP contribution in [0.4, 0.5) is 5.82 Å². The van der Waals surface area contributed by atoms with Crippen LogP contribution in [0.1, 0.15) is 36.8 Å². The van der Waals surface area contributed by atoms with E-state index in [0.717, 1.165) is 64.9 Å². The third-order valence-electron chi connectivity index (χ3n) is 7.12. The third kappa shape index (κ3) is 4.87. The molecule has 6 rings (SSSR count). The number of benzene rings is 3. The maximum Gasteiger partial charge on any atom is 0.247 e. The lowest BCUT2D eigenvalue weighted by Gasteiger charge is -2.21. The molecular formula is C31H30N4O. The molecule has 36 heavy (non-hydrogen) atoms. The topological polar surface area (TPSA) is 49.3 Å². The zero-order valence-corrected chi connectivity index (χ0v) is 20.4. The van der Waals surface area contributed by atoms with Crippen molar-refractivity contribution in [1.29, 1.82) is 0 Å².